The summed E-state index contributed by atoms with van der Waals surface area (Å²) in [7, 11) is 0. The van der Waals surface area contributed by atoms with Gasteiger partial charge in [0.25, 0.3) is 0 Å². The minimum atomic E-state index is -1.27. The van der Waals surface area contributed by atoms with E-state index in [1.54, 1.807) is 0 Å². The fourth-order valence-corrected chi connectivity index (χ4v) is 2.44. The van der Waals surface area contributed by atoms with E-state index in [4.69, 9.17) is 0 Å². The van der Waals surface area contributed by atoms with Crippen molar-refractivity contribution in [2.24, 2.45) is 5.41 Å². The zero-order valence-electron chi connectivity index (χ0n) is 9.41. The molecule has 0 radical (unpaired) electrons. The first-order valence-corrected chi connectivity index (χ1v) is 5.58. The molecule has 2 N–H and O–H groups in total. The molecule has 17 heavy (non-hydrogen) atoms. The first kappa shape index (κ1) is 11.6. The third-order valence-electron chi connectivity index (χ3n) is 3.27. The van der Waals surface area contributed by atoms with E-state index in [-0.39, 0.29) is 6.42 Å². The summed E-state index contributed by atoms with van der Waals surface area (Å²) in [6.45, 7) is 3.59. The number of urea groups is 1. The number of carbonyl (C=O) groups is 3. The zero-order valence-corrected chi connectivity index (χ0v) is 9.41. The Labute approximate surface area is 98.9 Å². The topological polar surface area (TPSA) is 75.3 Å². The van der Waals surface area contributed by atoms with E-state index in [2.05, 4.69) is 17.2 Å². The Morgan fingerprint density at radius 2 is 1.94 bits per heavy atom. The van der Waals surface area contributed by atoms with Gasteiger partial charge < -0.3 is 0 Å². The predicted molar refractivity (Wildman–Crippen MR) is 60.9 cm³/mol. The van der Waals surface area contributed by atoms with Crippen molar-refractivity contribution < 1.29 is 14.4 Å². The van der Waals surface area contributed by atoms with E-state index in [1.807, 2.05) is 6.08 Å². The lowest BCUT2D eigenvalue weighted by molar-refractivity contribution is -0.141. The van der Waals surface area contributed by atoms with Crippen molar-refractivity contribution in [1.29, 1.82) is 0 Å². The van der Waals surface area contributed by atoms with E-state index in [0.717, 1.165) is 18.4 Å². The average Bonchev–Trinajstić information content (AvgIpc) is 2.77. The van der Waals surface area contributed by atoms with Crippen molar-refractivity contribution in [2.75, 3.05) is 0 Å². The number of rotatable bonds is 3. The molecule has 0 aromatic rings. The first-order valence-electron chi connectivity index (χ1n) is 5.58. The highest BCUT2D eigenvalue weighted by Crippen LogP contribution is 2.40. The highest BCUT2D eigenvalue weighted by Gasteiger charge is 2.52. The molecule has 1 fully saturated rings. The molecule has 0 atom stereocenters. The number of hydrogen-bond donors (Lipinski definition) is 2. The first-order chi connectivity index (χ1) is 8.11. The molecule has 2 rings (SSSR count). The molecular weight excluding hydrogens is 220 g/mol. The Hall–Kier alpha value is -1.91. The summed E-state index contributed by atoms with van der Waals surface area (Å²) in [4.78, 5) is 35.1. The fraction of sp³-hybridized carbons (Fsp3) is 0.417. The van der Waals surface area contributed by atoms with E-state index in [9.17, 15) is 14.4 Å². The third kappa shape index (κ3) is 1.67. The van der Waals surface area contributed by atoms with Crippen LogP contribution in [0.3, 0.4) is 0 Å². The molecule has 4 amide bonds. The van der Waals surface area contributed by atoms with Crippen molar-refractivity contribution in [3.8, 4) is 0 Å². The second-order valence-electron chi connectivity index (χ2n) is 4.26. The van der Waals surface area contributed by atoms with E-state index >= 15 is 0 Å². The predicted octanol–water partition coefficient (Wildman–Crippen LogP) is 1.03. The largest absolute Gasteiger partial charge is 0.328 e. The van der Waals surface area contributed by atoms with Gasteiger partial charge in [-0.2, -0.15) is 0 Å². The molecule has 5 nitrogen and oxygen atoms in total. The molecule has 1 saturated heterocycles. The summed E-state index contributed by atoms with van der Waals surface area (Å²) in [5.74, 6) is -1.08. The number of hydrogen-bond acceptors (Lipinski definition) is 3. The van der Waals surface area contributed by atoms with Crippen molar-refractivity contribution in [3.05, 3.63) is 24.3 Å². The smallest absolute Gasteiger partial charge is 0.277 e. The molecule has 90 valence electrons. The zero-order chi connectivity index (χ0) is 12.5. The summed E-state index contributed by atoms with van der Waals surface area (Å²) < 4.78 is 0. The quantitative estimate of drug-likeness (QED) is 0.565. The number of nitrogens with one attached hydrogen (secondary N) is 2. The Kier molecular flexibility index (Phi) is 2.83. The van der Waals surface area contributed by atoms with Gasteiger partial charge in [0.15, 0.2) is 5.41 Å². The maximum absolute atomic E-state index is 12.0. The molecular formula is C12H14N2O3. The SMILES string of the molecule is C=CCC1(C2=CCCC2)C(=O)NC(=O)NC1=O. The lowest BCUT2D eigenvalue weighted by atomic mass is 9.74. The summed E-state index contributed by atoms with van der Waals surface area (Å²) in [6.07, 6.45) is 6.17. The van der Waals surface area contributed by atoms with E-state index in [1.165, 1.54) is 6.08 Å². The highest BCUT2D eigenvalue weighted by molar-refractivity contribution is 6.21. The number of imide groups is 2. The fourth-order valence-electron chi connectivity index (χ4n) is 2.44. The second kappa shape index (κ2) is 4.16. The number of barbiturate groups is 1. The molecule has 1 aliphatic carbocycles. The summed E-state index contributed by atoms with van der Waals surface area (Å²) in [6, 6.07) is -0.752. The lowest BCUT2D eigenvalue weighted by Crippen LogP contribution is -2.62. The number of allylic oxidation sites excluding steroid dienone is 2. The molecule has 0 bridgehead atoms. The van der Waals surface area contributed by atoms with Crippen LogP contribution >= 0.6 is 0 Å². The Morgan fingerprint density at radius 3 is 2.41 bits per heavy atom. The minimum Gasteiger partial charge on any atom is -0.277 e. The molecule has 2 aliphatic rings. The van der Waals surface area contributed by atoms with Gasteiger partial charge in [0.05, 0.1) is 0 Å². The van der Waals surface area contributed by atoms with E-state index < -0.39 is 23.3 Å². The van der Waals surface area contributed by atoms with Gasteiger partial charge in [0.1, 0.15) is 0 Å². The van der Waals surface area contributed by atoms with Gasteiger partial charge in [0, 0.05) is 0 Å². The van der Waals surface area contributed by atoms with E-state index in [0.29, 0.717) is 6.42 Å². The minimum absolute atomic E-state index is 0.212. The van der Waals surface area contributed by atoms with Gasteiger partial charge in [0.2, 0.25) is 11.8 Å². The monoisotopic (exact) mass is 234 g/mol. The summed E-state index contributed by atoms with van der Waals surface area (Å²) in [5.41, 5.74) is -0.480. The van der Waals surface area contributed by atoms with Crippen LogP contribution < -0.4 is 10.6 Å². The molecule has 0 aromatic heterocycles. The molecule has 0 aromatic carbocycles. The molecule has 5 heteroatoms. The Bertz CT molecular complexity index is 417. The van der Waals surface area contributed by atoms with Crippen molar-refractivity contribution >= 4 is 17.8 Å². The van der Waals surface area contributed by atoms with Crippen LogP contribution in [-0.4, -0.2) is 17.8 Å². The van der Waals surface area contributed by atoms with Gasteiger partial charge in [-0.25, -0.2) is 4.79 Å². The van der Waals surface area contributed by atoms with Crippen LogP contribution in [0.5, 0.6) is 0 Å². The highest BCUT2D eigenvalue weighted by atomic mass is 16.2. The summed E-state index contributed by atoms with van der Waals surface area (Å²) >= 11 is 0. The molecule has 1 heterocycles. The van der Waals surface area contributed by atoms with Gasteiger partial charge in [-0.15, -0.1) is 6.58 Å². The standard InChI is InChI=1S/C12H14N2O3/c1-2-7-12(8-5-3-4-6-8)9(15)13-11(17)14-10(12)16/h2,5H,1,3-4,6-7H2,(H2,13,14,15,16,17). The normalized spacial score (nSPS) is 22.8. The number of carbonyl (C=O) groups excluding carboxylic acids is 3. The van der Waals surface area contributed by atoms with Crippen LogP contribution in [0.4, 0.5) is 4.79 Å². The third-order valence-corrected chi connectivity index (χ3v) is 3.27. The van der Waals surface area contributed by atoms with Gasteiger partial charge in [-0.05, 0) is 31.3 Å². The van der Waals surface area contributed by atoms with Crippen LogP contribution in [0, 0.1) is 5.41 Å². The Balaban J connectivity index is 2.44. The Morgan fingerprint density at radius 1 is 1.29 bits per heavy atom. The average molecular weight is 234 g/mol. The lowest BCUT2D eigenvalue weighted by Gasteiger charge is -2.34. The molecule has 0 spiro atoms. The van der Waals surface area contributed by atoms with Crippen LogP contribution in [0.15, 0.2) is 24.3 Å². The van der Waals surface area contributed by atoms with Crippen LogP contribution in [0.25, 0.3) is 0 Å². The molecule has 0 saturated carbocycles. The van der Waals surface area contributed by atoms with Crippen LogP contribution in [-0.2, 0) is 9.59 Å². The summed E-state index contributed by atoms with van der Waals surface area (Å²) in [5, 5.41) is 4.33. The van der Waals surface area contributed by atoms with Gasteiger partial charge in [-0.1, -0.05) is 12.2 Å². The van der Waals surface area contributed by atoms with Crippen molar-refractivity contribution in [1.82, 2.24) is 10.6 Å². The molecule has 0 unspecified atom stereocenters. The second-order valence-corrected chi connectivity index (χ2v) is 4.26. The van der Waals surface area contributed by atoms with Crippen molar-refractivity contribution in [3.63, 3.8) is 0 Å². The maximum atomic E-state index is 12.0. The van der Waals surface area contributed by atoms with Crippen LogP contribution in [0.2, 0.25) is 0 Å². The van der Waals surface area contributed by atoms with Crippen molar-refractivity contribution in [2.45, 2.75) is 25.7 Å². The number of amides is 4. The molecule has 1 aliphatic heterocycles. The van der Waals surface area contributed by atoms with Gasteiger partial charge >= 0.3 is 6.03 Å². The van der Waals surface area contributed by atoms with Gasteiger partial charge in [-0.3, -0.25) is 20.2 Å². The maximum Gasteiger partial charge on any atom is 0.328 e. The van der Waals surface area contributed by atoms with Crippen LogP contribution in [0.1, 0.15) is 25.7 Å².